The summed E-state index contributed by atoms with van der Waals surface area (Å²) in [5.41, 5.74) is 7.11. The van der Waals surface area contributed by atoms with Crippen molar-refractivity contribution in [1.82, 2.24) is 15.5 Å². The van der Waals surface area contributed by atoms with Crippen molar-refractivity contribution in [3.8, 4) is 0 Å². The van der Waals surface area contributed by atoms with E-state index in [4.69, 9.17) is 15.2 Å². The Bertz CT molecular complexity index is 1470. The van der Waals surface area contributed by atoms with Crippen LogP contribution in [0.1, 0.15) is 53.4 Å². The molecule has 1 saturated heterocycles. The summed E-state index contributed by atoms with van der Waals surface area (Å²) in [6.45, 7) is 6.00. The summed E-state index contributed by atoms with van der Waals surface area (Å²) in [6.07, 6.45) is -0.356. The van der Waals surface area contributed by atoms with Gasteiger partial charge < -0.3 is 31.2 Å². The second-order valence-corrected chi connectivity index (χ2v) is 11.7. The van der Waals surface area contributed by atoms with Crippen LogP contribution in [-0.4, -0.2) is 71.9 Å². The fourth-order valence-electron chi connectivity index (χ4n) is 4.53. The number of benzene rings is 2. The van der Waals surface area contributed by atoms with Crippen LogP contribution in [0.25, 0.3) is 0 Å². The number of hydrogen-bond donors (Lipinski definition) is 4. The Morgan fingerprint density at radius 2 is 1.47 bits per heavy atom. The minimum absolute atomic E-state index is 0.00357. The molecule has 2 aromatic carbocycles. The van der Waals surface area contributed by atoms with Gasteiger partial charge in [0.25, 0.3) is 0 Å². The first-order valence-electron chi connectivity index (χ1n) is 15.2. The van der Waals surface area contributed by atoms with Crippen molar-refractivity contribution in [2.75, 3.05) is 30.7 Å². The number of ether oxygens (including phenoxy) is 2. The standard InChI is InChI=1S/C32H41N7O8/c1-5-46-30(44)25-17-20(29(43)39(25)31(45)47-32(2,3)4)7-6-8-26(40)34-18-27(41)35-19-28(42)36-22-13-15-24(16-14-22)38-37-23-11-9-21(33)10-12-23/h9-16,20,25H,5-8,17-19,33H2,1-4H3,(H,34,40)(H,35,41)(H,36,42)/t20-,25?/m1/s1. The fraction of sp³-hybridized carbons (Fsp3) is 0.438. The van der Waals surface area contributed by atoms with Crippen LogP contribution in [0.15, 0.2) is 58.8 Å². The number of likely N-dealkylation sites (tertiary alicyclic amines) is 1. The van der Waals surface area contributed by atoms with Crippen LogP contribution in [0, 0.1) is 5.92 Å². The molecule has 2 aromatic rings. The highest BCUT2D eigenvalue weighted by atomic mass is 16.6. The monoisotopic (exact) mass is 651 g/mol. The van der Waals surface area contributed by atoms with E-state index in [9.17, 15) is 28.8 Å². The molecular weight excluding hydrogens is 610 g/mol. The van der Waals surface area contributed by atoms with Crippen molar-refractivity contribution in [1.29, 1.82) is 0 Å². The SMILES string of the molecule is CCOC(=O)C1C[C@@H](CCCC(=O)NCC(=O)NCC(=O)Nc2ccc(N=Nc3ccc(N)cc3)cc2)C(=O)N1C(=O)OC(C)(C)C. The Labute approximate surface area is 272 Å². The summed E-state index contributed by atoms with van der Waals surface area (Å²) >= 11 is 0. The number of hydrogen-bond acceptors (Lipinski definition) is 11. The predicted molar refractivity (Wildman–Crippen MR) is 172 cm³/mol. The van der Waals surface area contributed by atoms with Gasteiger partial charge in [-0.25, -0.2) is 14.5 Å². The van der Waals surface area contributed by atoms with E-state index >= 15 is 0 Å². The zero-order valence-corrected chi connectivity index (χ0v) is 26.9. The number of nitrogens with one attached hydrogen (secondary N) is 3. The summed E-state index contributed by atoms with van der Waals surface area (Å²) in [4.78, 5) is 75.7. The molecule has 5 amide bonds. The maximum absolute atomic E-state index is 13.0. The molecule has 15 heteroatoms. The van der Waals surface area contributed by atoms with Crippen molar-refractivity contribution in [3.63, 3.8) is 0 Å². The lowest BCUT2D eigenvalue weighted by Crippen LogP contribution is -2.46. The second kappa shape index (κ2) is 16.8. The van der Waals surface area contributed by atoms with Gasteiger partial charge in [0.15, 0.2) is 0 Å². The van der Waals surface area contributed by atoms with Gasteiger partial charge in [-0.05, 0) is 95.5 Å². The molecule has 1 unspecified atom stereocenters. The fourth-order valence-corrected chi connectivity index (χ4v) is 4.53. The highest BCUT2D eigenvalue weighted by molar-refractivity contribution is 6.00. The molecule has 1 heterocycles. The summed E-state index contributed by atoms with van der Waals surface area (Å²) < 4.78 is 10.4. The average molecular weight is 652 g/mol. The first kappa shape index (κ1) is 36.1. The minimum atomic E-state index is -1.10. The van der Waals surface area contributed by atoms with Gasteiger partial charge in [0.05, 0.1) is 31.1 Å². The van der Waals surface area contributed by atoms with E-state index in [1.54, 1.807) is 76.2 Å². The number of azo groups is 1. The third-order valence-corrected chi connectivity index (χ3v) is 6.73. The molecule has 1 aliphatic heterocycles. The molecule has 0 aliphatic carbocycles. The molecule has 3 rings (SSSR count). The van der Waals surface area contributed by atoms with E-state index in [2.05, 4.69) is 26.2 Å². The van der Waals surface area contributed by atoms with E-state index in [0.717, 1.165) is 4.90 Å². The lowest BCUT2D eigenvalue weighted by atomic mass is 9.98. The number of amides is 5. The summed E-state index contributed by atoms with van der Waals surface area (Å²) in [5.74, 6) is -3.41. The molecule has 0 spiro atoms. The molecule has 0 radical (unpaired) electrons. The normalized spacial score (nSPS) is 16.1. The Hall–Kier alpha value is -5.34. The Balaban J connectivity index is 1.36. The predicted octanol–water partition coefficient (Wildman–Crippen LogP) is 3.74. The number of carbonyl (C=O) groups excluding carboxylic acids is 6. The largest absolute Gasteiger partial charge is 0.464 e. The van der Waals surface area contributed by atoms with E-state index in [1.165, 1.54) is 0 Å². The zero-order chi connectivity index (χ0) is 34.6. The molecular formula is C32H41N7O8. The molecule has 1 fully saturated rings. The van der Waals surface area contributed by atoms with Crippen LogP contribution < -0.4 is 21.7 Å². The zero-order valence-electron chi connectivity index (χ0n) is 26.9. The second-order valence-electron chi connectivity index (χ2n) is 11.7. The topological polar surface area (TPSA) is 211 Å². The van der Waals surface area contributed by atoms with Gasteiger partial charge in [0, 0.05) is 23.7 Å². The van der Waals surface area contributed by atoms with E-state index < -0.39 is 53.3 Å². The lowest BCUT2D eigenvalue weighted by Gasteiger charge is -2.26. The third-order valence-electron chi connectivity index (χ3n) is 6.73. The number of esters is 1. The molecule has 0 saturated carbocycles. The maximum Gasteiger partial charge on any atom is 0.417 e. The highest BCUT2D eigenvalue weighted by Gasteiger charge is 2.48. The van der Waals surface area contributed by atoms with Crippen LogP contribution in [0.3, 0.4) is 0 Å². The number of nitrogen functional groups attached to an aromatic ring is 1. The third kappa shape index (κ3) is 11.8. The van der Waals surface area contributed by atoms with Gasteiger partial charge in [0.2, 0.25) is 23.6 Å². The van der Waals surface area contributed by atoms with Gasteiger partial charge in [0.1, 0.15) is 11.6 Å². The number of carbonyl (C=O) groups is 6. The molecule has 252 valence electrons. The van der Waals surface area contributed by atoms with Crippen LogP contribution in [0.5, 0.6) is 0 Å². The Kier molecular flexibility index (Phi) is 12.9. The summed E-state index contributed by atoms with van der Waals surface area (Å²) in [6, 6.07) is 12.4. The van der Waals surface area contributed by atoms with Crippen molar-refractivity contribution < 1.29 is 38.2 Å². The van der Waals surface area contributed by atoms with Gasteiger partial charge in [-0.3, -0.25) is 19.2 Å². The number of rotatable bonds is 13. The Morgan fingerprint density at radius 3 is 2.06 bits per heavy atom. The number of nitrogens with two attached hydrogens (primary N) is 1. The first-order valence-corrected chi connectivity index (χ1v) is 15.2. The number of nitrogens with zero attached hydrogens (tertiary/aromatic N) is 3. The minimum Gasteiger partial charge on any atom is -0.464 e. The quantitative estimate of drug-likeness (QED) is 0.141. The van der Waals surface area contributed by atoms with Crippen LogP contribution in [0.2, 0.25) is 0 Å². The van der Waals surface area contributed by atoms with Crippen LogP contribution >= 0.6 is 0 Å². The molecule has 1 aliphatic rings. The maximum atomic E-state index is 13.0. The van der Waals surface area contributed by atoms with Crippen LogP contribution in [0.4, 0.5) is 27.5 Å². The summed E-state index contributed by atoms with van der Waals surface area (Å²) in [5, 5.41) is 15.8. The Morgan fingerprint density at radius 1 is 0.894 bits per heavy atom. The van der Waals surface area contributed by atoms with E-state index in [1.807, 2.05) is 0 Å². The molecule has 47 heavy (non-hydrogen) atoms. The number of anilines is 2. The lowest BCUT2D eigenvalue weighted by molar-refractivity contribution is -0.151. The van der Waals surface area contributed by atoms with Crippen molar-refractivity contribution in [2.45, 2.75) is 65.0 Å². The van der Waals surface area contributed by atoms with Gasteiger partial charge in [-0.15, -0.1) is 0 Å². The summed E-state index contributed by atoms with van der Waals surface area (Å²) in [7, 11) is 0. The molecule has 2 atom stereocenters. The average Bonchev–Trinajstić information content (AvgIpc) is 3.34. The van der Waals surface area contributed by atoms with Crippen LogP contribution in [-0.2, 0) is 33.4 Å². The van der Waals surface area contributed by atoms with Gasteiger partial charge >= 0.3 is 12.1 Å². The molecule has 5 N–H and O–H groups in total. The van der Waals surface area contributed by atoms with Gasteiger partial charge in [-0.1, -0.05) is 0 Å². The molecule has 0 aromatic heterocycles. The molecule has 15 nitrogen and oxygen atoms in total. The highest BCUT2D eigenvalue weighted by Crippen LogP contribution is 2.31. The molecule has 0 bridgehead atoms. The van der Waals surface area contributed by atoms with Crippen molar-refractivity contribution >= 4 is 58.4 Å². The van der Waals surface area contributed by atoms with E-state index in [0.29, 0.717) is 22.7 Å². The van der Waals surface area contributed by atoms with E-state index in [-0.39, 0.29) is 45.4 Å². The number of imide groups is 1. The first-order chi connectivity index (χ1) is 22.3. The van der Waals surface area contributed by atoms with Crippen molar-refractivity contribution in [3.05, 3.63) is 48.5 Å². The van der Waals surface area contributed by atoms with Gasteiger partial charge in [-0.2, -0.15) is 10.2 Å². The smallest absolute Gasteiger partial charge is 0.417 e. The van der Waals surface area contributed by atoms with Crippen molar-refractivity contribution in [2.24, 2.45) is 16.1 Å².